The highest BCUT2D eigenvalue weighted by atomic mass is 19.2. The zero-order chi connectivity index (χ0) is 21.1. The number of anilines is 1. The summed E-state index contributed by atoms with van der Waals surface area (Å²) < 4.78 is 28.3. The van der Waals surface area contributed by atoms with Crippen molar-refractivity contribution in [3.63, 3.8) is 0 Å². The second-order valence-electron chi connectivity index (χ2n) is 7.12. The number of rotatable bonds is 6. The number of carbonyl (C=O) groups is 1. The van der Waals surface area contributed by atoms with Crippen LogP contribution in [0.15, 0.2) is 42.5 Å². The van der Waals surface area contributed by atoms with Gasteiger partial charge in [0.2, 0.25) is 5.91 Å². The summed E-state index contributed by atoms with van der Waals surface area (Å²) >= 11 is 0. The third-order valence-electron chi connectivity index (χ3n) is 4.85. The lowest BCUT2D eigenvalue weighted by Crippen LogP contribution is -2.30. The molecular weight excluding hydrogens is 374 g/mol. The first kappa shape index (κ1) is 20.7. The standard InChI is InChI=1S/C22H24F2N4O/c1-13-5-8-18(9-6-13)28-16(4)22(15(3)27-28)26-21(29)12-25-14(2)17-7-10-19(23)20(24)11-17/h5-11,14,25H,12H2,1-4H3,(H,26,29)/t14-/m0/s1. The normalized spacial score (nSPS) is 12.1. The van der Waals surface area contributed by atoms with E-state index in [1.165, 1.54) is 6.07 Å². The third kappa shape index (κ3) is 4.68. The van der Waals surface area contributed by atoms with E-state index in [1.54, 1.807) is 11.6 Å². The number of hydrogen-bond acceptors (Lipinski definition) is 3. The summed E-state index contributed by atoms with van der Waals surface area (Å²) in [4.78, 5) is 12.4. The van der Waals surface area contributed by atoms with Gasteiger partial charge in [-0.3, -0.25) is 4.79 Å². The third-order valence-corrected chi connectivity index (χ3v) is 4.85. The van der Waals surface area contributed by atoms with E-state index in [0.29, 0.717) is 16.9 Å². The lowest BCUT2D eigenvalue weighted by Gasteiger charge is -2.14. The number of benzene rings is 2. The molecule has 0 unspecified atom stereocenters. The van der Waals surface area contributed by atoms with Crippen LogP contribution in [0, 0.1) is 32.4 Å². The van der Waals surface area contributed by atoms with E-state index in [-0.39, 0.29) is 18.5 Å². The largest absolute Gasteiger partial charge is 0.322 e. The topological polar surface area (TPSA) is 59.0 Å². The van der Waals surface area contributed by atoms with Gasteiger partial charge in [-0.1, -0.05) is 23.8 Å². The van der Waals surface area contributed by atoms with Gasteiger partial charge in [-0.2, -0.15) is 5.10 Å². The van der Waals surface area contributed by atoms with Gasteiger partial charge < -0.3 is 10.6 Å². The Balaban J connectivity index is 1.66. The molecule has 5 nitrogen and oxygen atoms in total. The van der Waals surface area contributed by atoms with Crippen LogP contribution in [0.25, 0.3) is 5.69 Å². The molecule has 0 spiro atoms. The smallest absolute Gasteiger partial charge is 0.238 e. The van der Waals surface area contributed by atoms with Crippen molar-refractivity contribution in [3.8, 4) is 5.69 Å². The van der Waals surface area contributed by atoms with E-state index < -0.39 is 11.6 Å². The molecule has 3 rings (SSSR count). The van der Waals surface area contributed by atoms with Gasteiger partial charge in [0, 0.05) is 6.04 Å². The lowest BCUT2D eigenvalue weighted by molar-refractivity contribution is -0.115. The molecule has 1 heterocycles. The summed E-state index contributed by atoms with van der Waals surface area (Å²) in [5.41, 5.74) is 4.85. The molecule has 0 bridgehead atoms. The van der Waals surface area contributed by atoms with Gasteiger partial charge in [0.05, 0.1) is 29.3 Å². The molecule has 1 aromatic heterocycles. The summed E-state index contributed by atoms with van der Waals surface area (Å²) in [5.74, 6) is -2.04. The minimum atomic E-state index is -0.907. The van der Waals surface area contributed by atoms with Crippen molar-refractivity contribution in [2.75, 3.05) is 11.9 Å². The molecule has 152 valence electrons. The Morgan fingerprint density at radius 1 is 1.07 bits per heavy atom. The number of halogens is 2. The van der Waals surface area contributed by atoms with E-state index in [4.69, 9.17) is 0 Å². The molecule has 1 atom stereocenters. The van der Waals surface area contributed by atoms with Gasteiger partial charge in [0.1, 0.15) is 0 Å². The molecule has 0 aliphatic carbocycles. The van der Waals surface area contributed by atoms with E-state index in [2.05, 4.69) is 15.7 Å². The second kappa shape index (κ2) is 8.53. The number of aryl methyl sites for hydroxylation is 2. The van der Waals surface area contributed by atoms with Crippen LogP contribution in [-0.4, -0.2) is 22.2 Å². The summed E-state index contributed by atoms with van der Waals surface area (Å²) in [6.45, 7) is 7.56. The molecule has 0 radical (unpaired) electrons. The van der Waals surface area contributed by atoms with Crippen molar-refractivity contribution in [1.29, 1.82) is 0 Å². The molecule has 29 heavy (non-hydrogen) atoms. The van der Waals surface area contributed by atoms with Crippen LogP contribution in [0.1, 0.15) is 35.5 Å². The first-order valence-corrected chi connectivity index (χ1v) is 9.37. The first-order chi connectivity index (χ1) is 13.8. The average molecular weight is 398 g/mol. The monoisotopic (exact) mass is 398 g/mol. The zero-order valence-corrected chi connectivity index (χ0v) is 16.9. The maximum Gasteiger partial charge on any atom is 0.238 e. The van der Waals surface area contributed by atoms with Crippen molar-refractivity contribution in [3.05, 3.63) is 76.6 Å². The predicted octanol–water partition coefficient (Wildman–Crippen LogP) is 4.37. The van der Waals surface area contributed by atoms with Gasteiger partial charge in [0.25, 0.3) is 0 Å². The van der Waals surface area contributed by atoms with Crippen molar-refractivity contribution >= 4 is 11.6 Å². The average Bonchev–Trinajstić information content (AvgIpc) is 2.97. The molecule has 1 amide bonds. The summed E-state index contributed by atoms with van der Waals surface area (Å²) in [6.07, 6.45) is 0. The molecule has 7 heteroatoms. The highest BCUT2D eigenvalue weighted by molar-refractivity contribution is 5.93. The van der Waals surface area contributed by atoms with Crippen molar-refractivity contribution in [2.45, 2.75) is 33.7 Å². The Bertz CT molecular complexity index is 1030. The van der Waals surface area contributed by atoms with Crippen molar-refractivity contribution < 1.29 is 13.6 Å². The maximum absolute atomic E-state index is 13.4. The summed E-state index contributed by atoms with van der Waals surface area (Å²) in [7, 11) is 0. The van der Waals surface area contributed by atoms with E-state index >= 15 is 0 Å². The molecule has 3 aromatic rings. The fourth-order valence-electron chi connectivity index (χ4n) is 3.09. The van der Waals surface area contributed by atoms with Crippen LogP contribution < -0.4 is 10.6 Å². The molecule has 2 aromatic carbocycles. The van der Waals surface area contributed by atoms with Crippen molar-refractivity contribution in [2.24, 2.45) is 0 Å². The Morgan fingerprint density at radius 2 is 1.76 bits per heavy atom. The molecule has 0 aliphatic heterocycles. The Hall–Kier alpha value is -3.06. The summed E-state index contributed by atoms with van der Waals surface area (Å²) in [6, 6.07) is 11.4. The highest BCUT2D eigenvalue weighted by Gasteiger charge is 2.16. The molecule has 0 saturated carbocycles. The number of nitrogens with zero attached hydrogens (tertiary/aromatic N) is 2. The number of nitrogens with one attached hydrogen (secondary N) is 2. The SMILES string of the molecule is Cc1ccc(-n2nc(C)c(NC(=O)CN[C@@H](C)c3ccc(F)c(F)c3)c2C)cc1. The van der Waals surface area contributed by atoms with Gasteiger partial charge >= 0.3 is 0 Å². The van der Waals surface area contributed by atoms with Gasteiger partial charge in [-0.15, -0.1) is 0 Å². The highest BCUT2D eigenvalue weighted by Crippen LogP contribution is 2.23. The zero-order valence-electron chi connectivity index (χ0n) is 16.9. The van der Waals surface area contributed by atoms with E-state index in [1.807, 2.05) is 45.0 Å². The number of aromatic nitrogens is 2. The fourth-order valence-corrected chi connectivity index (χ4v) is 3.09. The van der Waals surface area contributed by atoms with Gasteiger partial charge in [-0.05, 0) is 57.5 Å². The second-order valence-corrected chi connectivity index (χ2v) is 7.12. The van der Waals surface area contributed by atoms with Crippen LogP contribution in [0.4, 0.5) is 14.5 Å². The minimum absolute atomic E-state index is 0.0226. The van der Waals surface area contributed by atoms with Gasteiger partial charge in [0.15, 0.2) is 11.6 Å². The fraction of sp³-hybridized carbons (Fsp3) is 0.273. The first-order valence-electron chi connectivity index (χ1n) is 9.37. The van der Waals surface area contributed by atoms with E-state index in [0.717, 1.165) is 29.1 Å². The van der Waals surface area contributed by atoms with Crippen molar-refractivity contribution in [1.82, 2.24) is 15.1 Å². The van der Waals surface area contributed by atoms with Gasteiger partial charge in [-0.25, -0.2) is 13.5 Å². The minimum Gasteiger partial charge on any atom is -0.322 e. The van der Waals surface area contributed by atoms with Crippen LogP contribution in [-0.2, 0) is 4.79 Å². The van der Waals surface area contributed by atoms with Crippen LogP contribution in [0.3, 0.4) is 0 Å². The molecule has 0 saturated heterocycles. The number of hydrogen-bond donors (Lipinski definition) is 2. The molecule has 0 fully saturated rings. The van der Waals surface area contributed by atoms with Crippen LogP contribution in [0.2, 0.25) is 0 Å². The molecule has 2 N–H and O–H groups in total. The van der Waals surface area contributed by atoms with Crippen LogP contribution in [0.5, 0.6) is 0 Å². The lowest BCUT2D eigenvalue weighted by atomic mass is 10.1. The Kier molecular flexibility index (Phi) is 6.08. The Morgan fingerprint density at radius 3 is 2.41 bits per heavy atom. The summed E-state index contributed by atoms with van der Waals surface area (Å²) in [5, 5.41) is 10.4. The molecule has 0 aliphatic rings. The maximum atomic E-state index is 13.4. The molecular formula is C22H24F2N4O. The predicted molar refractivity (Wildman–Crippen MR) is 109 cm³/mol. The van der Waals surface area contributed by atoms with Crippen LogP contribution >= 0.6 is 0 Å². The Labute approximate surface area is 168 Å². The number of carbonyl (C=O) groups excluding carboxylic acids is 1. The quantitative estimate of drug-likeness (QED) is 0.648. The number of amides is 1. The van der Waals surface area contributed by atoms with E-state index in [9.17, 15) is 13.6 Å².